The number of benzene rings is 1. The van der Waals surface area contributed by atoms with Crippen LogP contribution in [0.1, 0.15) is 99.8 Å². The summed E-state index contributed by atoms with van der Waals surface area (Å²) in [5, 5.41) is 17.2. The Kier molecular flexibility index (Phi) is 15.4. The molecule has 33 heavy (non-hydrogen) atoms. The van der Waals surface area contributed by atoms with Gasteiger partial charge in [-0.15, -0.1) is 0 Å². The van der Waals surface area contributed by atoms with Crippen LogP contribution in [0.15, 0.2) is 23.1 Å². The first kappa shape index (κ1) is 31.5. The molecule has 1 aromatic rings. The SMILES string of the molecule is CCCC[PH](CCCC)(CCCC)CCCC.O=C(O)c1cc(C(=O)O)cc(S(=O)(=O)O)c1. The molecular weight excluding hydrogens is 463 g/mol. The minimum Gasteiger partial charge on any atom is -0.478 e. The van der Waals surface area contributed by atoms with Gasteiger partial charge in [-0.25, -0.2) is 9.59 Å². The van der Waals surface area contributed by atoms with E-state index in [0.717, 1.165) is 6.07 Å². The molecule has 192 valence electrons. The van der Waals surface area contributed by atoms with Gasteiger partial charge in [0, 0.05) is 0 Å². The van der Waals surface area contributed by atoms with Crippen molar-refractivity contribution < 1.29 is 32.8 Å². The maximum atomic E-state index is 10.8. The minimum atomic E-state index is -4.64. The van der Waals surface area contributed by atoms with E-state index >= 15 is 0 Å². The monoisotopic (exact) mass is 506 g/mol. The van der Waals surface area contributed by atoms with E-state index in [4.69, 9.17) is 14.8 Å². The number of carboxylic acids is 2. The van der Waals surface area contributed by atoms with Gasteiger partial charge in [0.25, 0.3) is 10.1 Å². The number of hydrogen-bond donors (Lipinski definition) is 3. The first-order valence-corrected chi connectivity index (χ1v) is 16.3. The molecule has 0 heterocycles. The average Bonchev–Trinajstić information content (AvgIpc) is 2.77. The zero-order chi connectivity index (χ0) is 25.5. The average molecular weight is 507 g/mol. The van der Waals surface area contributed by atoms with Crippen LogP contribution in [0.5, 0.6) is 0 Å². The van der Waals surface area contributed by atoms with Crippen molar-refractivity contribution in [3.05, 3.63) is 29.3 Å². The van der Waals surface area contributed by atoms with Crippen molar-refractivity contribution in [3.63, 3.8) is 0 Å². The fourth-order valence-corrected chi connectivity index (χ4v) is 10.4. The fourth-order valence-electron chi connectivity index (χ4n) is 3.95. The molecule has 0 saturated heterocycles. The Bertz CT molecular complexity index is 767. The summed E-state index contributed by atoms with van der Waals surface area (Å²) in [6.07, 6.45) is 18.1. The third-order valence-electron chi connectivity index (χ3n) is 5.94. The van der Waals surface area contributed by atoms with Gasteiger partial charge in [-0.05, 0) is 18.2 Å². The number of aromatic carboxylic acids is 2. The normalized spacial score (nSPS) is 12.0. The van der Waals surface area contributed by atoms with Crippen LogP contribution >= 0.6 is 7.26 Å². The molecular formula is C24H43O7PS. The van der Waals surface area contributed by atoms with Gasteiger partial charge < -0.3 is 10.2 Å². The summed E-state index contributed by atoms with van der Waals surface area (Å²) < 4.78 is 30.2. The predicted octanol–water partition coefficient (Wildman–Crippen LogP) is 6.27. The van der Waals surface area contributed by atoms with Gasteiger partial charge in [0.05, 0.1) is 16.0 Å². The molecule has 3 N–H and O–H groups in total. The first-order valence-electron chi connectivity index (χ1n) is 12.1. The van der Waals surface area contributed by atoms with Gasteiger partial charge in [0.15, 0.2) is 0 Å². The second kappa shape index (κ2) is 16.2. The van der Waals surface area contributed by atoms with Gasteiger partial charge >= 0.3 is 123 Å². The summed E-state index contributed by atoms with van der Waals surface area (Å²) in [4.78, 5) is 20.4. The Morgan fingerprint density at radius 2 is 1.00 bits per heavy atom. The van der Waals surface area contributed by atoms with Gasteiger partial charge in [-0.2, -0.15) is 8.42 Å². The van der Waals surface area contributed by atoms with Crippen LogP contribution in [0.4, 0.5) is 0 Å². The van der Waals surface area contributed by atoms with E-state index < -0.39 is 45.3 Å². The molecule has 0 aromatic heterocycles. The van der Waals surface area contributed by atoms with Gasteiger partial charge in [0.1, 0.15) is 0 Å². The quantitative estimate of drug-likeness (QED) is 0.189. The number of hydrogen-bond acceptors (Lipinski definition) is 4. The van der Waals surface area contributed by atoms with Crippen LogP contribution in [-0.4, -0.2) is 59.8 Å². The largest absolute Gasteiger partial charge is 0.478 e. The summed E-state index contributed by atoms with van der Waals surface area (Å²) in [6, 6.07) is 2.13. The maximum absolute atomic E-state index is 10.8. The molecule has 0 unspecified atom stereocenters. The number of carbonyl (C=O) groups is 2. The molecule has 0 amide bonds. The molecule has 0 fully saturated rings. The van der Waals surface area contributed by atoms with Crippen LogP contribution < -0.4 is 0 Å². The smallest absolute Gasteiger partial charge is 0.335 e. The zero-order valence-corrected chi connectivity index (χ0v) is 22.4. The molecule has 0 spiro atoms. The topological polar surface area (TPSA) is 129 Å². The molecule has 0 aliphatic rings. The van der Waals surface area contributed by atoms with E-state index in [9.17, 15) is 18.0 Å². The molecule has 9 heteroatoms. The Labute approximate surface area is 200 Å². The van der Waals surface area contributed by atoms with Crippen molar-refractivity contribution in [2.45, 2.75) is 84.0 Å². The molecule has 0 bridgehead atoms. The van der Waals surface area contributed by atoms with Crippen LogP contribution in [0.3, 0.4) is 0 Å². The van der Waals surface area contributed by atoms with Crippen molar-refractivity contribution in [2.24, 2.45) is 0 Å². The summed E-state index contributed by atoms with van der Waals surface area (Å²) in [7, 11) is -5.52. The van der Waals surface area contributed by atoms with Crippen molar-refractivity contribution in [1.82, 2.24) is 0 Å². The maximum Gasteiger partial charge on any atom is 0.335 e. The molecule has 0 aliphatic carbocycles. The van der Waals surface area contributed by atoms with Gasteiger partial charge in [-0.1, -0.05) is 0 Å². The standard InChI is InChI=1S/C16H37P.C8H6O7S/c1-5-9-13-17(14-10-6-2,15-11-7-3)16-12-8-4;9-7(10)4-1-5(8(11)12)3-6(2-4)16(13,14)15/h17H,5-16H2,1-4H3;1-3H,(H,9,10)(H,11,12)(H,13,14,15). The predicted molar refractivity (Wildman–Crippen MR) is 138 cm³/mol. The van der Waals surface area contributed by atoms with Crippen molar-refractivity contribution in [3.8, 4) is 0 Å². The van der Waals surface area contributed by atoms with E-state index in [1.807, 2.05) is 0 Å². The van der Waals surface area contributed by atoms with Crippen LogP contribution in [0, 0.1) is 0 Å². The molecule has 0 saturated carbocycles. The molecule has 0 radical (unpaired) electrons. The van der Waals surface area contributed by atoms with Crippen LogP contribution in [0.25, 0.3) is 0 Å². The van der Waals surface area contributed by atoms with E-state index in [2.05, 4.69) is 27.7 Å². The zero-order valence-electron chi connectivity index (χ0n) is 20.6. The Morgan fingerprint density at radius 3 is 1.21 bits per heavy atom. The number of rotatable bonds is 15. The summed E-state index contributed by atoms with van der Waals surface area (Å²) >= 11 is 0. The van der Waals surface area contributed by atoms with E-state index in [0.29, 0.717) is 12.1 Å². The molecule has 7 nitrogen and oxygen atoms in total. The van der Waals surface area contributed by atoms with Crippen LogP contribution in [-0.2, 0) is 10.1 Å². The molecule has 0 aliphatic heterocycles. The van der Waals surface area contributed by atoms with E-state index in [-0.39, 0.29) is 0 Å². The van der Waals surface area contributed by atoms with E-state index in [1.54, 1.807) is 24.6 Å². The Morgan fingerprint density at radius 1 is 0.697 bits per heavy atom. The molecule has 0 atom stereocenters. The number of unbranched alkanes of at least 4 members (excludes halogenated alkanes) is 4. The Balaban J connectivity index is 0.000000621. The van der Waals surface area contributed by atoms with Gasteiger partial charge in [0.2, 0.25) is 0 Å². The summed E-state index contributed by atoms with van der Waals surface area (Å²) in [5.41, 5.74) is -1.07. The van der Waals surface area contributed by atoms with Crippen LogP contribution in [0.2, 0.25) is 0 Å². The second-order valence-electron chi connectivity index (χ2n) is 8.75. The Hall–Kier alpha value is -1.50. The minimum absolute atomic E-state index is 0.535. The van der Waals surface area contributed by atoms with Crippen molar-refractivity contribution in [1.29, 1.82) is 0 Å². The first-order chi connectivity index (χ1) is 15.5. The molecule has 1 rings (SSSR count). The van der Waals surface area contributed by atoms with E-state index in [1.165, 1.54) is 51.4 Å². The molecule has 1 aromatic carbocycles. The third kappa shape index (κ3) is 12.5. The third-order valence-corrected chi connectivity index (χ3v) is 12.4. The fraction of sp³-hybridized carbons (Fsp3) is 0.667. The van der Waals surface area contributed by atoms with Crippen molar-refractivity contribution >= 4 is 29.3 Å². The van der Waals surface area contributed by atoms with Crippen molar-refractivity contribution in [2.75, 3.05) is 24.6 Å². The number of carboxylic acid groups (broad SMARTS) is 2. The summed E-state index contributed by atoms with van der Waals surface area (Å²) in [5.74, 6) is -2.99. The summed E-state index contributed by atoms with van der Waals surface area (Å²) in [6.45, 7) is 9.44. The van der Waals surface area contributed by atoms with Gasteiger partial charge in [-0.3, -0.25) is 4.55 Å². The second-order valence-corrected chi connectivity index (χ2v) is 15.2.